The molecule has 0 saturated carbocycles. The molecule has 1 heterocycles. The van der Waals surface area contributed by atoms with Gasteiger partial charge in [0.2, 0.25) is 5.91 Å². The lowest BCUT2D eigenvalue weighted by molar-refractivity contribution is -0.129. The number of aliphatic imine (C=N–C) groups is 1. The van der Waals surface area contributed by atoms with Crippen molar-refractivity contribution in [2.75, 3.05) is 27.2 Å². The molecule has 0 N–H and O–H groups in total. The van der Waals surface area contributed by atoms with E-state index >= 15 is 0 Å². The van der Waals surface area contributed by atoms with Crippen LogP contribution in [0.4, 0.5) is 5.82 Å². The van der Waals surface area contributed by atoms with Gasteiger partial charge in [-0.15, -0.1) is 0 Å². The summed E-state index contributed by atoms with van der Waals surface area (Å²) >= 11 is 0. The van der Waals surface area contributed by atoms with E-state index in [0.717, 1.165) is 18.9 Å². The van der Waals surface area contributed by atoms with Crippen LogP contribution in [0.25, 0.3) is 0 Å². The molecule has 0 radical (unpaired) electrons. The van der Waals surface area contributed by atoms with E-state index in [1.807, 2.05) is 51.0 Å². The Balaban J connectivity index is 2.85. The number of nitrogens with zero attached hydrogens (tertiary/aromatic N) is 4. The molecule has 0 atom stereocenters. The predicted molar refractivity (Wildman–Crippen MR) is 77.6 cm³/mol. The number of carbonyl (C=O) groups is 1. The molecule has 1 amide bonds. The van der Waals surface area contributed by atoms with Gasteiger partial charge in [-0.2, -0.15) is 0 Å². The second-order valence-corrected chi connectivity index (χ2v) is 4.35. The Morgan fingerprint density at radius 1 is 1.26 bits per heavy atom. The molecule has 104 valence electrons. The lowest BCUT2D eigenvalue weighted by atomic mass is 10.3. The standard InChI is InChI=1S/C14H22N4O/c1-5-18(6-2)14(19)11-13(17(3)4)16-12-9-7-8-10-15-12/h7-10H,5-6,11H2,1-4H3/b16-13+. The summed E-state index contributed by atoms with van der Waals surface area (Å²) in [7, 11) is 3.77. The minimum atomic E-state index is 0.0911. The maximum Gasteiger partial charge on any atom is 0.230 e. The molecule has 1 aromatic heterocycles. The minimum absolute atomic E-state index is 0.0911. The van der Waals surface area contributed by atoms with Gasteiger partial charge in [0.1, 0.15) is 5.84 Å². The van der Waals surface area contributed by atoms with Gasteiger partial charge < -0.3 is 9.80 Å². The van der Waals surface area contributed by atoms with Crippen molar-refractivity contribution in [3.8, 4) is 0 Å². The van der Waals surface area contributed by atoms with E-state index in [2.05, 4.69) is 9.98 Å². The van der Waals surface area contributed by atoms with Crippen molar-refractivity contribution in [3.63, 3.8) is 0 Å². The zero-order chi connectivity index (χ0) is 14.3. The topological polar surface area (TPSA) is 48.8 Å². The highest BCUT2D eigenvalue weighted by atomic mass is 16.2. The number of amidine groups is 1. The van der Waals surface area contributed by atoms with E-state index in [1.54, 1.807) is 11.1 Å². The van der Waals surface area contributed by atoms with E-state index in [1.165, 1.54) is 0 Å². The van der Waals surface area contributed by atoms with Gasteiger partial charge in [-0.05, 0) is 26.0 Å². The fourth-order valence-electron chi connectivity index (χ4n) is 1.67. The maximum absolute atomic E-state index is 12.1. The molecule has 0 aromatic carbocycles. The third kappa shape index (κ3) is 4.69. The molecule has 0 spiro atoms. The number of aromatic nitrogens is 1. The third-order valence-electron chi connectivity index (χ3n) is 2.83. The van der Waals surface area contributed by atoms with Gasteiger partial charge >= 0.3 is 0 Å². The summed E-state index contributed by atoms with van der Waals surface area (Å²) in [5.74, 6) is 1.43. The van der Waals surface area contributed by atoms with Crippen molar-refractivity contribution in [2.24, 2.45) is 4.99 Å². The lowest BCUT2D eigenvalue weighted by Crippen LogP contribution is -2.35. The minimum Gasteiger partial charge on any atom is -0.366 e. The van der Waals surface area contributed by atoms with Gasteiger partial charge in [0.15, 0.2) is 5.82 Å². The zero-order valence-corrected chi connectivity index (χ0v) is 12.1. The van der Waals surface area contributed by atoms with Crippen LogP contribution in [-0.2, 0) is 4.79 Å². The first-order valence-electron chi connectivity index (χ1n) is 6.52. The Labute approximate surface area is 115 Å². The van der Waals surface area contributed by atoms with Crippen LogP contribution in [0, 0.1) is 0 Å². The highest BCUT2D eigenvalue weighted by molar-refractivity contribution is 6.00. The van der Waals surface area contributed by atoms with Crippen molar-refractivity contribution < 1.29 is 4.79 Å². The number of carbonyl (C=O) groups excluding carboxylic acids is 1. The van der Waals surface area contributed by atoms with E-state index in [4.69, 9.17) is 0 Å². The first-order chi connectivity index (χ1) is 9.08. The Morgan fingerprint density at radius 2 is 1.95 bits per heavy atom. The van der Waals surface area contributed by atoms with Crippen LogP contribution in [0.5, 0.6) is 0 Å². The van der Waals surface area contributed by atoms with Crippen molar-refractivity contribution in [1.82, 2.24) is 14.8 Å². The lowest BCUT2D eigenvalue weighted by Gasteiger charge is -2.21. The van der Waals surface area contributed by atoms with Crippen LogP contribution < -0.4 is 0 Å². The normalized spacial score (nSPS) is 11.3. The second-order valence-electron chi connectivity index (χ2n) is 4.35. The summed E-state index contributed by atoms with van der Waals surface area (Å²) in [5, 5.41) is 0. The van der Waals surface area contributed by atoms with Gasteiger partial charge in [-0.1, -0.05) is 6.07 Å². The SMILES string of the molecule is CCN(CC)C(=O)C/C(=N\c1ccccn1)N(C)C. The first-order valence-corrected chi connectivity index (χ1v) is 6.52. The molecule has 1 rings (SSSR count). The smallest absolute Gasteiger partial charge is 0.230 e. The van der Waals surface area contributed by atoms with Gasteiger partial charge in [0.25, 0.3) is 0 Å². The predicted octanol–water partition coefficient (Wildman–Crippen LogP) is 1.93. The van der Waals surface area contributed by atoms with Crippen LogP contribution in [0.1, 0.15) is 20.3 Å². The fourth-order valence-corrected chi connectivity index (χ4v) is 1.67. The van der Waals surface area contributed by atoms with Crippen LogP contribution in [-0.4, -0.2) is 53.7 Å². The molecule has 0 unspecified atom stereocenters. The molecule has 5 nitrogen and oxygen atoms in total. The van der Waals surface area contributed by atoms with E-state index in [9.17, 15) is 4.79 Å². The fraction of sp³-hybridized carbons (Fsp3) is 0.500. The Morgan fingerprint density at radius 3 is 2.42 bits per heavy atom. The van der Waals surface area contributed by atoms with Gasteiger partial charge in [-0.25, -0.2) is 9.98 Å². The largest absolute Gasteiger partial charge is 0.366 e. The average molecular weight is 262 g/mol. The summed E-state index contributed by atoms with van der Waals surface area (Å²) in [6.07, 6.45) is 1.99. The van der Waals surface area contributed by atoms with Crippen LogP contribution in [0.2, 0.25) is 0 Å². The molecule has 0 aliphatic carbocycles. The number of amides is 1. The van der Waals surface area contributed by atoms with Gasteiger partial charge in [-0.3, -0.25) is 4.79 Å². The Hall–Kier alpha value is -1.91. The molecule has 5 heteroatoms. The Kier molecular flexibility index (Phi) is 5.99. The van der Waals surface area contributed by atoms with Crippen molar-refractivity contribution in [2.45, 2.75) is 20.3 Å². The van der Waals surface area contributed by atoms with E-state index in [0.29, 0.717) is 12.2 Å². The Bertz CT molecular complexity index is 424. The highest BCUT2D eigenvalue weighted by Crippen LogP contribution is 2.09. The molecule has 1 aromatic rings. The van der Waals surface area contributed by atoms with Crippen molar-refractivity contribution >= 4 is 17.6 Å². The molecule has 0 saturated heterocycles. The van der Waals surface area contributed by atoms with Crippen molar-refractivity contribution in [1.29, 1.82) is 0 Å². The number of hydrogen-bond donors (Lipinski definition) is 0. The summed E-state index contributed by atoms with van der Waals surface area (Å²) < 4.78 is 0. The quantitative estimate of drug-likeness (QED) is 0.602. The average Bonchev–Trinajstić information content (AvgIpc) is 2.40. The second kappa shape index (κ2) is 7.51. The van der Waals surface area contributed by atoms with Gasteiger partial charge in [0.05, 0.1) is 6.42 Å². The number of rotatable bonds is 5. The molecule has 0 bridgehead atoms. The maximum atomic E-state index is 12.1. The third-order valence-corrected chi connectivity index (χ3v) is 2.83. The molecule has 0 fully saturated rings. The monoisotopic (exact) mass is 262 g/mol. The summed E-state index contributed by atoms with van der Waals surface area (Å²) in [5.41, 5.74) is 0. The molecule has 19 heavy (non-hydrogen) atoms. The van der Waals surface area contributed by atoms with Gasteiger partial charge in [0, 0.05) is 33.4 Å². The van der Waals surface area contributed by atoms with Crippen LogP contribution in [0.15, 0.2) is 29.4 Å². The van der Waals surface area contributed by atoms with Crippen molar-refractivity contribution in [3.05, 3.63) is 24.4 Å². The number of pyridine rings is 1. The first kappa shape index (κ1) is 15.1. The van der Waals surface area contributed by atoms with E-state index in [-0.39, 0.29) is 5.91 Å². The summed E-state index contributed by atoms with van der Waals surface area (Å²) in [6.45, 7) is 5.40. The molecule has 0 aliphatic heterocycles. The summed E-state index contributed by atoms with van der Waals surface area (Å²) in [4.78, 5) is 24.4. The van der Waals surface area contributed by atoms with E-state index < -0.39 is 0 Å². The molecular formula is C14H22N4O. The molecule has 0 aliphatic rings. The summed E-state index contributed by atoms with van der Waals surface area (Å²) in [6, 6.07) is 5.55. The zero-order valence-electron chi connectivity index (χ0n) is 12.1. The highest BCUT2D eigenvalue weighted by Gasteiger charge is 2.14. The molecular weight excluding hydrogens is 240 g/mol. The van der Waals surface area contributed by atoms with Crippen LogP contribution in [0.3, 0.4) is 0 Å². The number of hydrogen-bond acceptors (Lipinski definition) is 3. The van der Waals surface area contributed by atoms with Crippen LogP contribution >= 0.6 is 0 Å².